The number of ketones is 1. The Bertz CT molecular complexity index is 1840. The van der Waals surface area contributed by atoms with Gasteiger partial charge in [0.2, 0.25) is 0 Å². The molecule has 1 aliphatic heterocycles. The van der Waals surface area contributed by atoms with E-state index in [4.69, 9.17) is 13.9 Å². The number of thiazole rings is 1. The third-order valence-corrected chi connectivity index (χ3v) is 7.55. The van der Waals surface area contributed by atoms with Gasteiger partial charge in [-0.05, 0) is 52.8 Å². The zero-order chi connectivity index (χ0) is 29.3. The molecule has 2 aromatic carbocycles. The molecule has 3 heterocycles. The first kappa shape index (κ1) is 28.0. The van der Waals surface area contributed by atoms with Crippen LogP contribution in [0.4, 0.5) is 0 Å². The number of ether oxygens (including phenoxy) is 2. The van der Waals surface area contributed by atoms with E-state index in [9.17, 15) is 14.4 Å². The molecule has 0 N–H and O–H groups in total. The van der Waals surface area contributed by atoms with Crippen molar-refractivity contribution in [3.63, 3.8) is 0 Å². The van der Waals surface area contributed by atoms with Crippen LogP contribution in [0.2, 0.25) is 0 Å². The van der Waals surface area contributed by atoms with Gasteiger partial charge in [0, 0.05) is 22.8 Å². The van der Waals surface area contributed by atoms with Crippen molar-refractivity contribution in [1.29, 1.82) is 0 Å². The summed E-state index contributed by atoms with van der Waals surface area (Å²) in [5.41, 5.74) is 2.56. The van der Waals surface area contributed by atoms with Crippen LogP contribution in [0.3, 0.4) is 0 Å². The highest BCUT2D eigenvalue weighted by molar-refractivity contribution is 7.07. The number of carbonyl (C=O) groups is 2. The Balaban J connectivity index is 1.63. The SMILES string of the molecule is CCOC(=O)C1=C(C)N=c2s/c(=C\c3ccc(-c4ccc(C(C)=O)cc4)o3)c(=O)n2[C@H]1c1ccccc1OC(C)C. The minimum atomic E-state index is -0.783. The average Bonchev–Trinajstić information content (AvgIpc) is 3.52. The van der Waals surface area contributed by atoms with E-state index in [1.54, 1.807) is 38.1 Å². The summed E-state index contributed by atoms with van der Waals surface area (Å²) in [6.07, 6.45) is 1.56. The summed E-state index contributed by atoms with van der Waals surface area (Å²) in [6, 6.07) is 17.4. The predicted octanol–water partition coefficient (Wildman–Crippen LogP) is 5.05. The molecule has 4 aromatic rings. The lowest BCUT2D eigenvalue weighted by atomic mass is 9.95. The zero-order valence-electron chi connectivity index (χ0n) is 23.5. The Labute approximate surface area is 240 Å². The van der Waals surface area contributed by atoms with E-state index in [2.05, 4.69) is 4.99 Å². The van der Waals surface area contributed by atoms with E-state index in [0.717, 1.165) is 5.56 Å². The summed E-state index contributed by atoms with van der Waals surface area (Å²) >= 11 is 1.22. The standard InChI is InChI=1S/C32H30N2O6S/c1-6-38-31(37)28-19(4)33-32-34(29(28)24-9-7-8-10-26(24)39-18(2)3)30(36)27(41-32)17-23-15-16-25(40-23)22-13-11-21(12-14-22)20(5)35/h7-18,29H,6H2,1-5H3/b27-17-/t29-/m0/s1. The Kier molecular flexibility index (Phi) is 7.90. The molecule has 0 spiro atoms. The molecule has 0 fully saturated rings. The molecule has 1 atom stereocenters. The normalized spacial score (nSPS) is 15.1. The van der Waals surface area contributed by atoms with Crippen molar-refractivity contribution in [2.75, 3.05) is 6.61 Å². The first-order valence-electron chi connectivity index (χ1n) is 13.3. The van der Waals surface area contributed by atoms with Gasteiger partial charge in [-0.2, -0.15) is 0 Å². The molecule has 5 rings (SSSR count). The molecule has 0 bridgehead atoms. The maximum atomic E-state index is 13.9. The molecule has 0 saturated heterocycles. The van der Waals surface area contributed by atoms with E-state index < -0.39 is 12.0 Å². The van der Waals surface area contributed by atoms with Crippen LogP contribution in [-0.2, 0) is 9.53 Å². The summed E-state index contributed by atoms with van der Waals surface area (Å²) in [7, 11) is 0. The van der Waals surface area contributed by atoms with Gasteiger partial charge in [-0.1, -0.05) is 53.8 Å². The molecule has 0 saturated carbocycles. The van der Waals surface area contributed by atoms with Crippen LogP contribution in [-0.4, -0.2) is 29.0 Å². The number of para-hydroxylation sites is 1. The number of benzene rings is 2. The number of rotatable bonds is 8. The first-order chi connectivity index (χ1) is 19.7. The molecule has 0 aliphatic carbocycles. The molecule has 41 heavy (non-hydrogen) atoms. The van der Waals surface area contributed by atoms with Crippen molar-refractivity contribution in [3.05, 3.63) is 109 Å². The largest absolute Gasteiger partial charge is 0.491 e. The number of carbonyl (C=O) groups excluding carboxylic acids is 2. The van der Waals surface area contributed by atoms with Gasteiger partial charge in [0.1, 0.15) is 23.3 Å². The highest BCUT2D eigenvalue weighted by Crippen LogP contribution is 2.36. The fourth-order valence-electron chi connectivity index (χ4n) is 4.74. The maximum Gasteiger partial charge on any atom is 0.338 e. The predicted molar refractivity (Wildman–Crippen MR) is 157 cm³/mol. The minimum absolute atomic E-state index is 0.00916. The Morgan fingerprint density at radius 3 is 2.51 bits per heavy atom. The zero-order valence-corrected chi connectivity index (χ0v) is 24.3. The van der Waals surface area contributed by atoms with Gasteiger partial charge in [-0.15, -0.1) is 0 Å². The van der Waals surface area contributed by atoms with Crippen molar-refractivity contribution in [2.45, 2.75) is 46.8 Å². The summed E-state index contributed by atoms with van der Waals surface area (Å²) in [6.45, 7) is 9.04. The van der Waals surface area contributed by atoms with Crippen molar-refractivity contribution >= 4 is 29.2 Å². The van der Waals surface area contributed by atoms with Crippen LogP contribution >= 0.6 is 11.3 Å². The number of hydrogen-bond acceptors (Lipinski definition) is 8. The third-order valence-electron chi connectivity index (χ3n) is 6.57. The Morgan fingerprint density at radius 2 is 1.83 bits per heavy atom. The lowest BCUT2D eigenvalue weighted by Gasteiger charge is -2.26. The van der Waals surface area contributed by atoms with Gasteiger partial charge in [-0.3, -0.25) is 14.2 Å². The number of hydrogen-bond donors (Lipinski definition) is 0. The Morgan fingerprint density at radius 1 is 1.10 bits per heavy atom. The molecule has 210 valence electrons. The number of aromatic nitrogens is 1. The van der Waals surface area contributed by atoms with Crippen LogP contribution in [0.1, 0.15) is 62.3 Å². The van der Waals surface area contributed by atoms with Gasteiger partial charge in [0.15, 0.2) is 10.6 Å². The lowest BCUT2D eigenvalue weighted by Crippen LogP contribution is -2.40. The molecule has 9 heteroatoms. The van der Waals surface area contributed by atoms with E-state index in [-0.39, 0.29) is 24.1 Å². The molecule has 8 nitrogen and oxygen atoms in total. The van der Waals surface area contributed by atoms with Gasteiger partial charge in [0.05, 0.1) is 28.5 Å². The second-order valence-corrected chi connectivity index (χ2v) is 10.9. The number of furan rings is 1. The van der Waals surface area contributed by atoms with Gasteiger partial charge < -0.3 is 13.9 Å². The number of esters is 1. The molecule has 1 aliphatic rings. The highest BCUT2D eigenvalue weighted by atomic mass is 32.1. The third kappa shape index (κ3) is 5.58. The van der Waals surface area contributed by atoms with E-state index in [1.165, 1.54) is 22.8 Å². The average molecular weight is 571 g/mol. The second kappa shape index (κ2) is 11.5. The molecule has 0 unspecified atom stereocenters. The Hall–Kier alpha value is -4.50. The van der Waals surface area contributed by atoms with Gasteiger partial charge >= 0.3 is 5.97 Å². The van der Waals surface area contributed by atoms with Crippen molar-refractivity contribution in [1.82, 2.24) is 4.57 Å². The van der Waals surface area contributed by atoms with Crippen molar-refractivity contribution < 1.29 is 23.5 Å². The quantitative estimate of drug-likeness (QED) is 0.217. The number of nitrogens with zero attached hydrogens (tertiary/aromatic N) is 2. The number of allylic oxidation sites excluding steroid dienone is 1. The van der Waals surface area contributed by atoms with E-state index in [1.807, 2.05) is 56.3 Å². The van der Waals surface area contributed by atoms with Gasteiger partial charge in [0.25, 0.3) is 5.56 Å². The second-order valence-electron chi connectivity index (χ2n) is 9.84. The summed E-state index contributed by atoms with van der Waals surface area (Å²) in [5.74, 6) is 1.13. The highest BCUT2D eigenvalue weighted by Gasteiger charge is 2.35. The minimum Gasteiger partial charge on any atom is -0.491 e. The van der Waals surface area contributed by atoms with Crippen LogP contribution in [0.15, 0.2) is 86.1 Å². The van der Waals surface area contributed by atoms with E-state index >= 15 is 0 Å². The molecular weight excluding hydrogens is 540 g/mol. The number of Topliss-reactive ketones (excluding diaryl/α,β-unsaturated/α-hetero) is 1. The van der Waals surface area contributed by atoms with Crippen LogP contribution < -0.4 is 19.6 Å². The topological polar surface area (TPSA) is 100 Å². The number of fused-ring (bicyclic) bond motifs is 1. The summed E-state index contributed by atoms with van der Waals surface area (Å²) < 4.78 is 19.4. The van der Waals surface area contributed by atoms with Crippen LogP contribution in [0, 0.1) is 0 Å². The van der Waals surface area contributed by atoms with Crippen molar-refractivity contribution in [2.24, 2.45) is 4.99 Å². The lowest BCUT2D eigenvalue weighted by molar-refractivity contribution is -0.139. The van der Waals surface area contributed by atoms with Crippen molar-refractivity contribution in [3.8, 4) is 17.1 Å². The van der Waals surface area contributed by atoms with E-state index in [0.29, 0.717) is 49.0 Å². The van der Waals surface area contributed by atoms with Gasteiger partial charge in [-0.25, -0.2) is 9.79 Å². The molecule has 0 amide bonds. The van der Waals surface area contributed by atoms with Crippen LogP contribution in [0.5, 0.6) is 5.75 Å². The molecule has 0 radical (unpaired) electrons. The fourth-order valence-corrected chi connectivity index (χ4v) is 5.76. The maximum absolute atomic E-state index is 13.9. The summed E-state index contributed by atoms with van der Waals surface area (Å²) in [4.78, 5) is 43.8. The monoisotopic (exact) mass is 570 g/mol. The summed E-state index contributed by atoms with van der Waals surface area (Å²) in [5, 5.41) is 0. The molecule has 2 aromatic heterocycles. The first-order valence-corrected chi connectivity index (χ1v) is 14.2. The smallest absolute Gasteiger partial charge is 0.338 e. The fraction of sp³-hybridized carbons (Fsp3) is 0.250. The molecular formula is C32H30N2O6S. The van der Waals surface area contributed by atoms with Crippen LogP contribution in [0.25, 0.3) is 17.4 Å².